The first-order valence-corrected chi connectivity index (χ1v) is 8.66. The van der Waals surface area contributed by atoms with E-state index in [1.54, 1.807) is 4.90 Å². The van der Waals surface area contributed by atoms with E-state index in [4.69, 9.17) is 0 Å². The average molecular weight is 404 g/mol. The zero-order valence-electron chi connectivity index (χ0n) is 14.8. The Morgan fingerprint density at radius 3 is 2.18 bits per heavy atom. The fourth-order valence-electron chi connectivity index (χ4n) is 3.05. The van der Waals surface area contributed by atoms with Gasteiger partial charge in [0.2, 0.25) is 5.95 Å². The average Bonchev–Trinajstić information content (AvgIpc) is 2.86. The minimum absolute atomic E-state index is 0.0335. The molecule has 10 heteroatoms. The number of hydrogen-bond acceptors (Lipinski definition) is 4. The van der Waals surface area contributed by atoms with Crippen molar-refractivity contribution in [3.05, 3.63) is 53.3 Å². The monoisotopic (exact) mass is 404 g/mol. The van der Waals surface area contributed by atoms with E-state index >= 15 is 0 Å². The summed E-state index contributed by atoms with van der Waals surface area (Å²) >= 11 is 0. The van der Waals surface area contributed by atoms with Gasteiger partial charge in [-0.15, -0.1) is 0 Å². The smallest absolute Gasteiger partial charge is 0.339 e. The van der Waals surface area contributed by atoms with Crippen molar-refractivity contribution in [3.63, 3.8) is 0 Å². The van der Waals surface area contributed by atoms with Crippen molar-refractivity contribution in [2.45, 2.75) is 25.3 Å². The number of benzene rings is 1. The van der Waals surface area contributed by atoms with Crippen LogP contribution in [-0.2, 0) is 18.9 Å². The highest BCUT2D eigenvalue weighted by molar-refractivity contribution is 5.31. The van der Waals surface area contributed by atoms with Gasteiger partial charge in [0, 0.05) is 38.9 Å². The summed E-state index contributed by atoms with van der Waals surface area (Å²) in [7, 11) is 0. The highest BCUT2D eigenvalue weighted by Crippen LogP contribution is 2.30. The SMILES string of the molecule is FC(F)(F)c1ccc(CN2CCCN(c3nccc(C(F)(F)F)n3)CC2)cc1. The second-order valence-corrected chi connectivity index (χ2v) is 6.55. The Morgan fingerprint density at radius 1 is 0.821 bits per heavy atom. The third kappa shape index (κ3) is 5.12. The maximum atomic E-state index is 12.8. The maximum Gasteiger partial charge on any atom is 0.433 e. The molecule has 1 aromatic heterocycles. The van der Waals surface area contributed by atoms with Crippen LogP contribution in [0.25, 0.3) is 0 Å². The van der Waals surface area contributed by atoms with E-state index in [0.29, 0.717) is 39.1 Å². The summed E-state index contributed by atoms with van der Waals surface area (Å²) in [4.78, 5) is 11.3. The molecular formula is C18H18F6N4. The lowest BCUT2D eigenvalue weighted by Gasteiger charge is -2.22. The zero-order chi connectivity index (χ0) is 20.4. The van der Waals surface area contributed by atoms with Gasteiger partial charge in [-0.25, -0.2) is 9.97 Å². The lowest BCUT2D eigenvalue weighted by Crippen LogP contribution is -2.31. The molecule has 152 valence electrons. The number of halogens is 6. The first-order valence-electron chi connectivity index (χ1n) is 8.66. The molecule has 0 unspecified atom stereocenters. The van der Waals surface area contributed by atoms with E-state index in [1.807, 2.05) is 0 Å². The molecule has 2 heterocycles. The van der Waals surface area contributed by atoms with E-state index in [-0.39, 0.29) is 5.95 Å². The predicted octanol–water partition coefficient (Wildman–Crippen LogP) is 4.23. The molecule has 0 radical (unpaired) electrons. The minimum atomic E-state index is -4.53. The Balaban J connectivity index is 1.62. The standard InChI is InChI=1S/C18H18F6N4/c19-17(20,21)14-4-2-13(3-5-14)12-27-8-1-9-28(11-10-27)16-25-7-6-15(26-16)18(22,23)24/h2-7H,1,8-12H2. The number of anilines is 1. The number of nitrogens with zero attached hydrogens (tertiary/aromatic N) is 4. The number of hydrogen-bond donors (Lipinski definition) is 0. The molecule has 4 nitrogen and oxygen atoms in total. The Hall–Kier alpha value is -2.36. The Bertz CT molecular complexity index is 788. The third-order valence-electron chi connectivity index (χ3n) is 4.49. The summed E-state index contributed by atoms with van der Waals surface area (Å²) in [6.45, 7) is 2.62. The first kappa shape index (κ1) is 20.4. The molecule has 28 heavy (non-hydrogen) atoms. The van der Waals surface area contributed by atoms with Crippen molar-refractivity contribution in [1.82, 2.24) is 14.9 Å². The minimum Gasteiger partial charge on any atom is -0.339 e. The molecule has 0 saturated carbocycles. The highest BCUT2D eigenvalue weighted by atomic mass is 19.4. The molecule has 0 bridgehead atoms. The van der Waals surface area contributed by atoms with Crippen molar-refractivity contribution in [3.8, 4) is 0 Å². The van der Waals surface area contributed by atoms with Crippen LogP contribution >= 0.6 is 0 Å². The van der Waals surface area contributed by atoms with Crippen LogP contribution in [0.1, 0.15) is 23.2 Å². The normalized spacial score (nSPS) is 16.9. The van der Waals surface area contributed by atoms with Gasteiger partial charge in [0.1, 0.15) is 5.69 Å². The van der Waals surface area contributed by atoms with E-state index in [9.17, 15) is 26.3 Å². The zero-order valence-corrected chi connectivity index (χ0v) is 14.8. The van der Waals surface area contributed by atoms with Crippen molar-refractivity contribution in [2.75, 3.05) is 31.1 Å². The molecule has 0 N–H and O–H groups in total. The van der Waals surface area contributed by atoms with Crippen LogP contribution in [0, 0.1) is 0 Å². The van der Waals surface area contributed by atoms with Crippen LogP contribution in [0.5, 0.6) is 0 Å². The quantitative estimate of drug-likeness (QED) is 0.717. The van der Waals surface area contributed by atoms with Gasteiger partial charge in [-0.3, -0.25) is 4.90 Å². The van der Waals surface area contributed by atoms with Gasteiger partial charge < -0.3 is 4.90 Å². The number of aromatic nitrogens is 2. The molecule has 0 aliphatic carbocycles. The summed E-state index contributed by atoms with van der Waals surface area (Å²) in [6, 6.07) is 5.83. The van der Waals surface area contributed by atoms with Gasteiger partial charge in [0.05, 0.1) is 5.56 Å². The molecule has 1 fully saturated rings. The Kier molecular flexibility index (Phi) is 5.78. The van der Waals surface area contributed by atoms with E-state index in [0.717, 1.165) is 30.0 Å². The van der Waals surface area contributed by atoms with E-state index in [2.05, 4.69) is 14.9 Å². The lowest BCUT2D eigenvalue weighted by atomic mass is 10.1. The second-order valence-electron chi connectivity index (χ2n) is 6.55. The predicted molar refractivity (Wildman–Crippen MR) is 90.6 cm³/mol. The van der Waals surface area contributed by atoms with Gasteiger partial charge in [-0.2, -0.15) is 26.3 Å². The van der Waals surface area contributed by atoms with E-state index in [1.165, 1.54) is 12.1 Å². The molecule has 1 aromatic carbocycles. The number of rotatable bonds is 3. The van der Waals surface area contributed by atoms with Crippen molar-refractivity contribution in [2.24, 2.45) is 0 Å². The summed E-state index contributed by atoms with van der Waals surface area (Å²) in [6.07, 6.45) is -7.12. The topological polar surface area (TPSA) is 32.3 Å². The van der Waals surface area contributed by atoms with Crippen molar-refractivity contribution < 1.29 is 26.3 Å². The largest absolute Gasteiger partial charge is 0.433 e. The molecule has 1 aliphatic heterocycles. The van der Waals surface area contributed by atoms with Gasteiger partial charge in [0.25, 0.3) is 0 Å². The molecule has 0 atom stereocenters. The maximum absolute atomic E-state index is 12.8. The summed E-state index contributed by atoms with van der Waals surface area (Å²) in [5.74, 6) is 0.0335. The van der Waals surface area contributed by atoms with Crippen LogP contribution in [0.3, 0.4) is 0 Å². The van der Waals surface area contributed by atoms with Gasteiger partial charge in [-0.1, -0.05) is 12.1 Å². The van der Waals surface area contributed by atoms with Crippen LogP contribution in [0.4, 0.5) is 32.3 Å². The third-order valence-corrected chi connectivity index (χ3v) is 4.49. The van der Waals surface area contributed by atoms with Crippen molar-refractivity contribution in [1.29, 1.82) is 0 Å². The van der Waals surface area contributed by atoms with Gasteiger partial charge >= 0.3 is 12.4 Å². The summed E-state index contributed by atoms with van der Waals surface area (Å²) in [5.41, 5.74) is -0.930. The van der Waals surface area contributed by atoms with Crippen LogP contribution in [0.2, 0.25) is 0 Å². The molecule has 1 aliphatic rings. The molecule has 1 saturated heterocycles. The fraction of sp³-hybridized carbons (Fsp3) is 0.444. The molecule has 2 aromatic rings. The fourth-order valence-corrected chi connectivity index (χ4v) is 3.05. The Labute approximate surface area is 157 Å². The lowest BCUT2D eigenvalue weighted by molar-refractivity contribution is -0.141. The van der Waals surface area contributed by atoms with Crippen molar-refractivity contribution >= 4 is 5.95 Å². The van der Waals surface area contributed by atoms with Gasteiger partial charge in [-0.05, 0) is 30.2 Å². The second kappa shape index (κ2) is 7.94. The molecule has 0 amide bonds. The molecule has 3 rings (SSSR count). The molecule has 0 spiro atoms. The first-order chi connectivity index (χ1) is 13.1. The van der Waals surface area contributed by atoms with Gasteiger partial charge in [0.15, 0.2) is 0 Å². The summed E-state index contributed by atoms with van der Waals surface area (Å²) in [5, 5.41) is 0. The van der Waals surface area contributed by atoms with Crippen LogP contribution in [0.15, 0.2) is 36.5 Å². The van der Waals surface area contributed by atoms with Crippen LogP contribution in [-0.4, -0.2) is 41.0 Å². The number of alkyl halides is 6. The van der Waals surface area contributed by atoms with Crippen LogP contribution < -0.4 is 4.90 Å². The van der Waals surface area contributed by atoms with E-state index < -0.39 is 23.6 Å². The highest BCUT2D eigenvalue weighted by Gasteiger charge is 2.33. The molecular weight excluding hydrogens is 386 g/mol. The Morgan fingerprint density at radius 2 is 1.54 bits per heavy atom. The summed E-state index contributed by atoms with van der Waals surface area (Å²) < 4.78 is 76.4.